The molecule has 1 aliphatic heterocycles. The highest BCUT2D eigenvalue weighted by Gasteiger charge is 2.32. The molecule has 0 unspecified atom stereocenters. The lowest BCUT2D eigenvalue weighted by Crippen LogP contribution is -2.41. The summed E-state index contributed by atoms with van der Waals surface area (Å²) in [7, 11) is 1.88. The van der Waals surface area contributed by atoms with Crippen LogP contribution in [-0.2, 0) is 34.5 Å². The van der Waals surface area contributed by atoms with Gasteiger partial charge in [0.15, 0.2) is 0 Å². The number of benzene rings is 1. The first-order valence-corrected chi connectivity index (χ1v) is 8.54. The highest BCUT2D eigenvalue weighted by molar-refractivity contribution is 5.77. The van der Waals surface area contributed by atoms with Crippen molar-refractivity contribution in [3.8, 4) is 0 Å². The molecule has 7 nitrogen and oxygen atoms in total. The molecule has 2 heterocycles. The largest absolute Gasteiger partial charge is 0.376 e. The van der Waals surface area contributed by atoms with E-state index in [0.717, 1.165) is 17.0 Å². The van der Waals surface area contributed by atoms with Crippen LogP contribution in [0.1, 0.15) is 29.8 Å². The third-order valence-corrected chi connectivity index (χ3v) is 4.32. The highest BCUT2D eigenvalue weighted by atomic mass is 16.5. The van der Waals surface area contributed by atoms with Gasteiger partial charge in [-0.3, -0.25) is 9.48 Å². The van der Waals surface area contributed by atoms with E-state index in [4.69, 9.17) is 9.47 Å². The maximum atomic E-state index is 12.3. The number of carbonyl (C=O) groups excluding carboxylic acids is 1. The Kier molecular flexibility index (Phi) is 5.78. The molecule has 1 aromatic carbocycles. The first kappa shape index (κ1) is 17.6. The number of aromatic nitrogens is 3. The van der Waals surface area contributed by atoms with Gasteiger partial charge in [0.1, 0.15) is 12.3 Å². The number of aryl methyl sites for hydroxylation is 1. The molecule has 25 heavy (non-hydrogen) atoms. The smallest absolute Gasteiger partial charge is 0.248 e. The number of nitrogens with zero attached hydrogens (tertiary/aromatic N) is 4. The number of hydrogen-bond acceptors (Lipinski definition) is 5. The van der Waals surface area contributed by atoms with Crippen molar-refractivity contribution in [2.45, 2.75) is 26.0 Å². The van der Waals surface area contributed by atoms with Crippen molar-refractivity contribution in [2.75, 3.05) is 26.4 Å². The number of rotatable bonds is 7. The summed E-state index contributed by atoms with van der Waals surface area (Å²) < 4.78 is 13.0. The van der Waals surface area contributed by atoms with Gasteiger partial charge in [0.2, 0.25) is 5.91 Å². The Morgan fingerprint density at radius 3 is 2.84 bits per heavy atom. The van der Waals surface area contributed by atoms with Crippen LogP contribution in [0.2, 0.25) is 0 Å². The van der Waals surface area contributed by atoms with E-state index in [1.807, 2.05) is 44.3 Å². The van der Waals surface area contributed by atoms with Crippen LogP contribution in [0.3, 0.4) is 0 Å². The fraction of sp³-hybridized carbons (Fsp3) is 0.500. The molecule has 3 rings (SSSR count). The summed E-state index contributed by atoms with van der Waals surface area (Å²) >= 11 is 0. The van der Waals surface area contributed by atoms with Gasteiger partial charge < -0.3 is 14.4 Å². The number of ether oxygens (including phenoxy) is 2. The SMILES string of the molecule is CCOCC(=O)N1Cc2nnn(C)c2[C@@H](COCc2ccccc2)C1. The van der Waals surface area contributed by atoms with Crippen molar-refractivity contribution in [2.24, 2.45) is 7.05 Å². The van der Waals surface area contributed by atoms with Crippen LogP contribution < -0.4 is 0 Å². The first-order chi connectivity index (χ1) is 12.2. The van der Waals surface area contributed by atoms with Crippen molar-refractivity contribution >= 4 is 5.91 Å². The van der Waals surface area contributed by atoms with Gasteiger partial charge in [-0.2, -0.15) is 0 Å². The fourth-order valence-corrected chi connectivity index (χ4v) is 3.11. The van der Waals surface area contributed by atoms with Crippen LogP contribution in [-0.4, -0.2) is 52.2 Å². The monoisotopic (exact) mass is 344 g/mol. The lowest BCUT2D eigenvalue weighted by molar-refractivity contribution is -0.137. The minimum atomic E-state index is -0.0220. The maximum Gasteiger partial charge on any atom is 0.248 e. The van der Waals surface area contributed by atoms with Crippen molar-refractivity contribution in [1.29, 1.82) is 0 Å². The maximum absolute atomic E-state index is 12.3. The second-order valence-corrected chi connectivity index (χ2v) is 6.15. The number of hydrogen-bond donors (Lipinski definition) is 0. The van der Waals surface area contributed by atoms with E-state index in [9.17, 15) is 4.79 Å². The van der Waals surface area contributed by atoms with Crippen LogP contribution in [0.4, 0.5) is 0 Å². The van der Waals surface area contributed by atoms with Gasteiger partial charge in [-0.15, -0.1) is 5.10 Å². The lowest BCUT2D eigenvalue weighted by atomic mass is 9.99. The molecule has 0 spiro atoms. The van der Waals surface area contributed by atoms with Gasteiger partial charge in [0.25, 0.3) is 0 Å². The normalized spacial score (nSPS) is 16.7. The van der Waals surface area contributed by atoms with Crippen molar-refractivity contribution < 1.29 is 14.3 Å². The average Bonchev–Trinajstić information content (AvgIpc) is 3.01. The molecule has 0 fully saturated rings. The molecular formula is C18H24N4O3. The molecular weight excluding hydrogens is 320 g/mol. The topological polar surface area (TPSA) is 69.5 Å². The Balaban J connectivity index is 1.66. The van der Waals surface area contributed by atoms with E-state index in [-0.39, 0.29) is 18.4 Å². The summed E-state index contributed by atoms with van der Waals surface area (Å²) in [6, 6.07) is 10.1. The second kappa shape index (κ2) is 8.22. The fourth-order valence-electron chi connectivity index (χ4n) is 3.11. The summed E-state index contributed by atoms with van der Waals surface area (Å²) in [6.45, 7) is 4.64. The molecule has 134 valence electrons. The molecule has 1 amide bonds. The van der Waals surface area contributed by atoms with E-state index in [2.05, 4.69) is 10.3 Å². The molecule has 7 heteroatoms. The molecule has 0 saturated carbocycles. The van der Waals surface area contributed by atoms with E-state index < -0.39 is 0 Å². The predicted molar refractivity (Wildman–Crippen MR) is 91.8 cm³/mol. The van der Waals surface area contributed by atoms with Crippen LogP contribution in [0, 0.1) is 0 Å². The second-order valence-electron chi connectivity index (χ2n) is 6.15. The third kappa shape index (κ3) is 4.24. The zero-order valence-electron chi connectivity index (χ0n) is 14.7. The van der Waals surface area contributed by atoms with Gasteiger partial charge in [0, 0.05) is 26.1 Å². The van der Waals surface area contributed by atoms with Crippen LogP contribution in [0.25, 0.3) is 0 Å². The Hall–Kier alpha value is -2.25. The van der Waals surface area contributed by atoms with Crippen molar-refractivity contribution in [3.63, 3.8) is 0 Å². The minimum Gasteiger partial charge on any atom is -0.376 e. The summed E-state index contributed by atoms with van der Waals surface area (Å²) in [5, 5.41) is 8.32. The Labute approximate surface area is 147 Å². The van der Waals surface area contributed by atoms with Crippen LogP contribution in [0.5, 0.6) is 0 Å². The highest BCUT2D eigenvalue weighted by Crippen LogP contribution is 2.27. The molecule has 1 aromatic heterocycles. The van der Waals surface area contributed by atoms with Crippen LogP contribution in [0.15, 0.2) is 30.3 Å². The predicted octanol–water partition coefficient (Wildman–Crippen LogP) is 1.49. The minimum absolute atomic E-state index is 0.0220. The summed E-state index contributed by atoms with van der Waals surface area (Å²) in [5.41, 5.74) is 3.02. The van der Waals surface area contributed by atoms with Crippen molar-refractivity contribution in [3.05, 3.63) is 47.3 Å². The lowest BCUT2D eigenvalue weighted by Gasteiger charge is -2.32. The zero-order chi connectivity index (χ0) is 17.6. The zero-order valence-corrected chi connectivity index (χ0v) is 14.7. The van der Waals surface area contributed by atoms with Gasteiger partial charge >= 0.3 is 0 Å². The summed E-state index contributed by atoms with van der Waals surface area (Å²) in [5.74, 6) is 0.0317. The number of amides is 1. The quantitative estimate of drug-likeness (QED) is 0.761. The molecule has 1 aliphatic rings. The van der Waals surface area contributed by atoms with E-state index in [1.54, 1.807) is 9.58 Å². The van der Waals surface area contributed by atoms with Gasteiger partial charge in [-0.25, -0.2) is 0 Å². The number of carbonyl (C=O) groups is 1. The van der Waals surface area contributed by atoms with Crippen LogP contribution >= 0.6 is 0 Å². The van der Waals surface area contributed by atoms with Gasteiger partial charge in [-0.05, 0) is 12.5 Å². The molecule has 0 N–H and O–H groups in total. The standard InChI is InChI=1S/C18H24N4O3/c1-3-24-13-17(23)22-9-15(18-16(10-22)19-20-21(18)2)12-25-11-14-7-5-4-6-8-14/h4-8,15H,3,9-13H2,1-2H3/t15-/m1/s1. The third-order valence-electron chi connectivity index (χ3n) is 4.32. The van der Waals surface area contributed by atoms with Crippen molar-refractivity contribution in [1.82, 2.24) is 19.9 Å². The van der Waals surface area contributed by atoms with E-state index >= 15 is 0 Å². The van der Waals surface area contributed by atoms with E-state index in [0.29, 0.717) is 32.9 Å². The molecule has 0 saturated heterocycles. The number of fused-ring (bicyclic) bond motifs is 1. The average molecular weight is 344 g/mol. The summed E-state index contributed by atoms with van der Waals surface area (Å²) in [4.78, 5) is 14.1. The Morgan fingerprint density at radius 2 is 2.08 bits per heavy atom. The van der Waals surface area contributed by atoms with E-state index in [1.165, 1.54) is 0 Å². The molecule has 0 bridgehead atoms. The molecule has 0 radical (unpaired) electrons. The molecule has 1 atom stereocenters. The Bertz CT molecular complexity index is 702. The summed E-state index contributed by atoms with van der Waals surface area (Å²) in [6.07, 6.45) is 0. The molecule has 2 aromatic rings. The molecule has 0 aliphatic carbocycles. The van der Waals surface area contributed by atoms with Gasteiger partial charge in [-0.1, -0.05) is 35.5 Å². The van der Waals surface area contributed by atoms with Gasteiger partial charge in [0.05, 0.1) is 25.5 Å². The first-order valence-electron chi connectivity index (χ1n) is 8.54. The Morgan fingerprint density at radius 1 is 1.28 bits per heavy atom.